The highest BCUT2D eigenvalue weighted by Crippen LogP contribution is 2.24. The molecule has 0 N–H and O–H groups in total. The van der Waals surface area contributed by atoms with Gasteiger partial charge >= 0.3 is 0 Å². The summed E-state index contributed by atoms with van der Waals surface area (Å²) in [6.45, 7) is 5.08. The summed E-state index contributed by atoms with van der Waals surface area (Å²) < 4.78 is 2.23. The third-order valence-corrected chi connectivity index (χ3v) is 4.62. The van der Waals surface area contributed by atoms with Gasteiger partial charge in [0.2, 0.25) is 0 Å². The Morgan fingerprint density at radius 3 is 2.74 bits per heavy atom. The molecule has 3 aromatic rings. The van der Waals surface area contributed by atoms with Crippen LogP contribution in [-0.2, 0) is 12.4 Å². The van der Waals surface area contributed by atoms with E-state index >= 15 is 0 Å². The molecule has 0 aliphatic rings. The zero-order chi connectivity index (χ0) is 13.4. The molecule has 0 saturated heterocycles. The Hall–Kier alpha value is -1.32. The zero-order valence-corrected chi connectivity index (χ0v) is 12.6. The van der Waals surface area contributed by atoms with Crippen molar-refractivity contribution in [1.82, 2.24) is 9.55 Å². The molecule has 0 radical (unpaired) electrons. The third kappa shape index (κ3) is 2.17. The van der Waals surface area contributed by atoms with Crippen LogP contribution in [-0.4, -0.2) is 9.55 Å². The number of rotatable bonds is 3. The third-order valence-electron chi connectivity index (χ3n) is 3.47. The number of hydrogen-bond donors (Lipinski definition) is 0. The maximum atomic E-state index is 6.06. The summed E-state index contributed by atoms with van der Waals surface area (Å²) in [6.07, 6.45) is 0. The van der Waals surface area contributed by atoms with Crippen LogP contribution in [0, 0.1) is 13.8 Å². The average molecular weight is 291 g/mol. The standard InChI is InChI=1S/C15H15ClN2S/c1-10-4-3-5-13-15(10)17-14(6-16)18(13)7-12-9-19-8-11(12)2/h3-5,8-9H,6-7H2,1-2H3. The van der Waals surface area contributed by atoms with Gasteiger partial charge in [-0.2, -0.15) is 11.3 Å². The first-order valence-corrected chi connectivity index (χ1v) is 7.71. The van der Waals surface area contributed by atoms with E-state index in [2.05, 4.69) is 52.4 Å². The van der Waals surface area contributed by atoms with Crippen molar-refractivity contribution < 1.29 is 0 Å². The van der Waals surface area contributed by atoms with E-state index < -0.39 is 0 Å². The molecular weight excluding hydrogens is 276 g/mol. The minimum absolute atomic E-state index is 0.442. The summed E-state index contributed by atoms with van der Waals surface area (Å²) in [5, 5.41) is 4.38. The van der Waals surface area contributed by atoms with Gasteiger partial charge in [-0.05, 0) is 47.4 Å². The van der Waals surface area contributed by atoms with Gasteiger partial charge in [0.1, 0.15) is 5.82 Å². The second kappa shape index (κ2) is 4.99. The van der Waals surface area contributed by atoms with Crippen molar-refractivity contribution in [3.8, 4) is 0 Å². The van der Waals surface area contributed by atoms with E-state index in [-0.39, 0.29) is 0 Å². The van der Waals surface area contributed by atoms with Crippen molar-refractivity contribution in [2.45, 2.75) is 26.3 Å². The minimum Gasteiger partial charge on any atom is -0.322 e. The second-order valence-corrected chi connectivity index (χ2v) is 5.78. The van der Waals surface area contributed by atoms with Crippen molar-refractivity contribution >= 4 is 34.0 Å². The lowest BCUT2D eigenvalue weighted by molar-refractivity contribution is 0.777. The number of halogens is 1. The Morgan fingerprint density at radius 1 is 1.21 bits per heavy atom. The molecule has 0 aliphatic carbocycles. The minimum atomic E-state index is 0.442. The molecule has 0 bridgehead atoms. The fraction of sp³-hybridized carbons (Fsp3) is 0.267. The van der Waals surface area contributed by atoms with Gasteiger partial charge in [-0.1, -0.05) is 12.1 Å². The summed E-state index contributed by atoms with van der Waals surface area (Å²) in [4.78, 5) is 4.68. The quantitative estimate of drug-likeness (QED) is 0.649. The van der Waals surface area contributed by atoms with Crippen LogP contribution in [0.5, 0.6) is 0 Å². The van der Waals surface area contributed by atoms with Gasteiger partial charge in [0.15, 0.2) is 0 Å². The topological polar surface area (TPSA) is 17.8 Å². The molecule has 0 spiro atoms. The van der Waals surface area contributed by atoms with Gasteiger partial charge in [0.25, 0.3) is 0 Å². The Kier molecular flexibility index (Phi) is 3.33. The fourth-order valence-electron chi connectivity index (χ4n) is 2.33. The zero-order valence-electron chi connectivity index (χ0n) is 11.0. The maximum Gasteiger partial charge on any atom is 0.125 e. The number of hydrogen-bond acceptors (Lipinski definition) is 2. The normalized spacial score (nSPS) is 11.3. The van der Waals surface area contributed by atoms with Crippen LogP contribution >= 0.6 is 22.9 Å². The van der Waals surface area contributed by atoms with Crippen LogP contribution < -0.4 is 0 Å². The fourth-order valence-corrected chi connectivity index (χ4v) is 3.39. The van der Waals surface area contributed by atoms with E-state index in [0.717, 1.165) is 17.9 Å². The summed E-state index contributed by atoms with van der Waals surface area (Å²) in [5.41, 5.74) is 6.11. The molecule has 3 rings (SSSR count). The van der Waals surface area contributed by atoms with Crippen LogP contribution in [0.2, 0.25) is 0 Å². The summed E-state index contributed by atoms with van der Waals surface area (Å²) in [7, 11) is 0. The van der Waals surface area contributed by atoms with E-state index in [1.54, 1.807) is 11.3 Å². The van der Waals surface area contributed by atoms with Crippen LogP contribution in [0.1, 0.15) is 22.5 Å². The molecule has 0 amide bonds. The molecule has 1 aromatic carbocycles. The van der Waals surface area contributed by atoms with Crippen molar-refractivity contribution in [2.75, 3.05) is 0 Å². The molecular formula is C15H15ClN2S. The Bertz CT molecular complexity index is 727. The number of fused-ring (bicyclic) bond motifs is 1. The summed E-state index contributed by atoms with van der Waals surface area (Å²) in [5.74, 6) is 1.38. The second-order valence-electron chi connectivity index (χ2n) is 4.77. The number of aryl methyl sites for hydroxylation is 2. The van der Waals surface area contributed by atoms with Crippen LogP contribution in [0.3, 0.4) is 0 Å². The number of thiophene rings is 1. The van der Waals surface area contributed by atoms with Crippen LogP contribution in [0.25, 0.3) is 11.0 Å². The van der Waals surface area contributed by atoms with E-state index in [9.17, 15) is 0 Å². The van der Waals surface area contributed by atoms with Gasteiger partial charge in [-0.15, -0.1) is 11.6 Å². The Balaban J connectivity index is 2.16. The smallest absolute Gasteiger partial charge is 0.125 e. The van der Waals surface area contributed by atoms with Crippen LogP contribution in [0.15, 0.2) is 29.0 Å². The van der Waals surface area contributed by atoms with Crippen molar-refractivity contribution in [3.05, 3.63) is 51.5 Å². The lowest BCUT2D eigenvalue weighted by atomic mass is 10.2. The predicted octanol–water partition coefficient (Wildman–Crippen LogP) is 4.50. The number of nitrogens with zero attached hydrogens (tertiary/aromatic N) is 2. The summed E-state index contributed by atoms with van der Waals surface area (Å²) in [6, 6.07) is 6.29. The molecule has 19 heavy (non-hydrogen) atoms. The first kappa shape index (κ1) is 12.7. The largest absolute Gasteiger partial charge is 0.322 e. The SMILES string of the molecule is Cc1cscc1Cn1c(CCl)nc2c(C)cccc21. The predicted molar refractivity (Wildman–Crippen MR) is 82.2 cm³/mol. The molecule has 2 aromatic heterocycles. The van der Waals surface area contributed by atoms with Crippen LogP contribution in [0.4, 0.5) is 0 Å². The average Bonchev–Trinajstić information content (AvgIpc) is 2.96. The molecule has 0 unspecified atom stereocenters. The molecule has 98 valence electrons. The van der Waals surface area contributed by atoms with Crippen molar-refractivity contribution in [3.63, 3.8) is 0 Å². The lowest BCUT2D eigenvalue weighted by Crippen LogP contribution is -2.03. The van der Waals surface area contributed by atoms with Crippen molar-refractivity contribution in [1.29, 1.82) is 0 Å². The maximum absolute atomic E-state index is 6.06. The van der Waals surface area contributed by atoms with E-state index in [0.29, 0.717) is 5.88 Å². The lowest BCUT2D eigenvalue weighted by Gasteiger charge is -2.07. The van der Waals surface area contributed by atoms with E-state index in [1.165, 1.54) is 22.2 Å². The monoisotopic (exact) mass is 290 g/mol. The van der Waals surface area contributed by atoms with Gasteiger partial charge in [0.05, 0.1) is 23.5 Å². The molecule has 0 aliphatic heterocycles. The first-order valence-electron chi connectivity index (χ1n) is 6.23. The number of imidazole rings is 1. The number of para-hydroxylation sites is 1. The molecule has 2 nitrogen and oxygen atoms in total. The molecule has 4 heteroatoms. The number of aromatic nitrogens is 2. The number of benzene rings is 1. The Labute approximate surface area is 121 Å². The highest BCUT2D eigenvalue weighted by molar-refractivity contribution is 7.08. The van der Waals surface area contributed by atoms with Gasteiger partial charge in [0, 0.05) is 0 Å². The van der Waals surface area contributed by atoms with E-state index in [1.807, 2.05) is 0 Å². The van der Waals surface area contributed by atoms with Gasteiger partial charge in [-0.25, -0.2) is 4.98 Å². The molecule has 0 atom stereocenters. The highest BCUT2D eigenvalue weighted by atomic mass is 35.5. The highest BCUT2D eigenvalue weighted by Gasteiger charge is 2.12. The van der Waals surface area contributed by atoms with Gasteiger partial charge in [-0.3, -0.25) is 0 Å². The Morgan fingerprint density at radius 2 is 2.05 bits per heavy atom. The number of alkyl halides is 1. The van der Waals surface area contributed by atoms with Gasteiger partial charge < -0.3 is 4.57 Å². The molecule has 0 fully saturated rings. The first-order chi connectivity index (χ1) is 9.20. The van der Waals surface area contributed by atoms with E-state index in [4.69, 9.17) is 11.6 Å². The summed E-state index contributed by atoms with van der Waals surface area (Å²) >= 11 is 7.80. The molecule has 0 saturated carbocycles. The van der Waals surface area contributed by atoms with Crippen molar-refractivity contribution in [2.24, 2.45) is 0 Å². The molecule has 2 heterocycles.